The molecule has 0 aliphatic carbocycles. The molecule has 0 radical (unpaired) electrons. The fraction of sp³-hybridized carbons (Fsp3) is 0.868. The van der Waals surface area contributed by atoms with Gasteiger partial charge in [0.2, 0.25) is 5.91 Å². The highest BCUT2D eigenvalue weighted by atomic mass is 16.7. The molecule has 11 heteroatoms. The smallest absolute Gasteiger partial charge is 0.249 e. The summed E-state index contributed by atoms with van der Waals surface area (Å²) >= 11 is 0. The van der Waals surface area contributed by atoms with Gasteiger partial charge in [0.25, 0.3) is 0 Å². The van der Waals surface area contributed by atoms with Crippen LogP contribution in [0.3, 0.4) is 0 Å². The van der Waals surface area contributed by atoms with Crippen LogP contribution in [-0.4, -0.2) is 110 Å². The summed E-state index contributed by atoms with van der Waals surface area (Å²) < 4.78 is 11.0. The van der Waals surface area contributed by atoms with E-state index in [-0.39, 0.29) is 12.8 Å². The molecule has 9 atom stereocenters. The van der Waals surface area contributed by atoms with Gasteiger partial charge in [-0.25, -0.2) is 0 Å². The molecule has 8 N–H and O–H groups in total. The molecular formula is C53H99NO10. The number of carbonyl (C=O) groups excluding carboxylic acids is 1. The maximum Gasteiger partial charge on any atom is 0.249 e. The zero-order valence-electron chi connectivity index (χ0n) is 40.8. The Labute approximate surface area is 390 Å². The van der Waals surface area contributed by atoms with E-state index in [0.29, 0.717) is 19.3 Å². The van der Waals surface area contributed by atoms with Crippen molar-refractivity contribution in [3.63, 3.8) is 0 Å². The van der Waals surface area contributed by atoms with E-state index in [9.17, 15) is 40.5 Å². The predicted octanol–water partition coefficient (Wildman–Crippen LogP) is 9.95. The van der Waals surface area contributed by atoms with Gasteiger partial charge >= 0.3 is 0 Å². The fourth-order valence-electron chi connectivity index (χ4n) is 8.28. The number of hydrogen-bond donors (Lipinski definition) is 8. The van der Waals surface area contributed by atoms with E-state index < -0.39 is 74.2 Å². The lowest BCUT2D eigenvalue weighted by Gasteiger charge is -2.40. The second-order valence-corrected chi connectivity index (χ2v) is 18.6. The number of ether oxygens (including phenoxy) is 2. The fourth-order valence-corrected chi connectivity index (χ4v) is 8.28. The average molecular weight is 910 g/mol. The molecule has 1 saturated heterocycles. The molecule has 1 aliphatic heterocycles. The van der Waals surface area contributed by atoms with Gasteiger partial charge in [-0.1, -0.05) is 192 Å². The minimum atomic E-state index is -1.67. The minimum absolute atomic E-state index is 0.165. The number of nitrogens with one attached hydrogen (secondary N) is 1. The highest BCUT2D eigenvalue weighted by Gasteiger charge is 2.44. The van der Waals surface area contributed by atoms with E-state index in [1.165, 1.54) is 148 Å². The largest absolute Gasteiger partial charge is 0.394 e. The Morgan fingerprint density at radius 1 is 0.531 bits per heavy atom. The molecule has 0 spiro atoms. The monoisotopic (exact) mass is 910 g/mol. The molecule has 1 amide bonds. The van der Waals surface area contributed by atoms with E-state index in [0.717, 1.165) is 32.1 Å². The Bertz CT molecular complexity index is 1130. The van der Waals surface area contributed by atoms with Crippen molar-refractivity contribution >= 4 is 5.91 Å². The Hall–Kier alpha value is -1.67. The van der Waals surface area contributed by atoms with Crippen LogP contribution in [0.4, 0.5) is 0 Å². The number of unbranched alkanes of at least 4 members (excludes halogenated alkanes) is 26. The summed E-state index contributed by atoms with van der Waals surface area (Å²) in [7, 11) is 0. The Morgan fingerprint density at radius 2 is 0.938 bits per heavy atom. The van der Waals surface area contributed by atoms with Crippen molar-refractivity contribution < 1.29 is 50.0 Å². The first-order valence-electron chi connectivity index (χ1n) is 26.4. The Kier molecular flexibility index (Phi) is 40.2. The van der Waals surface area contributed by atoms with Crippen molar-refractivity contribution in [1.82, 2.24) is 5.32 Å². The number of carbonyl (C=O) groups is 1. The molecule has 0 bridgehead atoms. The van der Waals surface area contributed by atoms with Gasteiger partial charge in [0.15, 0.2) is 6.29 Å². The van der Waals surface area contributed by atoms with Crippen LogP contribution in [0.1, 0.15) is 226 Å². The first-order chi connectivity index (χ1) is 31.2. The summed E-state index contributed by atoms with van der Waals surface area (Å²) in [4.78, 5) is 13.0. The SMILES string of the molecule is CCCCCC/C=C\CCC(O)C(=O)NC(COC1OC(CO)C(O)C(O)C1O)C(O)C(O)CCC/C=C/CC/C=C/CCCCCCCCCCCCCCCCCCCCCC. The molecule has 0 aromatic rings. The Balaban J connectivity index is 2.27. The van der Waals surface area contributed by atoms with Gasteiger partial charge in [-0.2, -0.15) is 0 Å². The quantitative estimate of drug-likeness (QED) is 0.0216. The molecule has 376 valence electrons. The zero-order chi connectivity index (χ0) is 46.9. The van der Waals surface area contributed by atoms with Crippen LogP contribution in [0.15, 0.2) is 36.5 Å². The molecule has 9 unspecified atom stereocenters. The van der Waals surface area contributed by atoms with Crippen molar-refractivity contribution in [3.05, 3.63) is 36.5 Å². The molecule has 64 heavy (non-hydrogen) atoms. The maximum absolute atomic E-state index is 13.0. The molecule has 11 nitrogen and oxygen atoms in total. The number of aliphatic hydroxyl groups excluding tert-OH is 7. The van der Waals surface area contributed by atoms with E-state index in [2.05, 4.69) is 43.5 Å². The van der Waals surface area contributed by atoms with E-state index in [4.69, 9.17) is 9.47 Å². The number of aliphatic hydroxyl groups is 7. The van der Waals surface area contributed by atoms with Gasteiger partial charge < -0.3 is 50.5 Å². The van der Waals surface area contributed by atoms with Gasteiger partial charge in [-0.3, -0.25) is 4.79 Å². The van der Waals surface area contributed by atoms with Crippen LogP contribution in [0.5, 0.6) is 0 Å². The van der Waals surface area contributed by atoms with Gasteiger partial charge in [-0.15, -0.1) is 0 Å². The summed E-state index contributed by atoms with van der Waals surface area (Å²) in [6, 6.07) is -1.20. The molecule has 1 fully saturated rings. The lowest BCUT2D eigenvalue weighted by atomic mass is 9.99. The van der Waals surface area contributed by atoms with E-state index >= 15 is 0 Å². The van der Waals surface area contributed by atoms with Gasteiger partial charge in [0, 0.05) is 0 Å². The zero-order valence-corrected chi connectivity index (χ0v) is 40.8. The summed E-state index contributed by atoms with van der Waals surface area (Å²) in [6.07, 6.45) is 39.8. The van der Waals surface area contributed by atoms with Crippen LogP contribution in [0.25, 0.3) is 0 Å². The second-order valence-electron chi connectivity index (χ2n) is 18.6. The van der Waals surface area contributed by atoms with Crippen molar-refractivity contribution in [2.75, 3.05) is 13.2 Å². The lowest BCUT2D eigenvalue weighted by molar-refractivity contribution is -0.303. The molecule has 0 aromatic carbocycles. The van der Waals surface area contributed by atoms with Crippen molar-refractivity contribution in [2.45, 2.75) is 281 Å². The third-order valence-electron chi connectivity index (χ3n) is 12.7. The number of hydrogen-bond acceptors (Lipinski definition) is 10. The van der Waals surface area contributed by atoms with Gasteiger partial charge in [0.05, 0.1) is 25.4 Å². The van der Waals surface area contributed by atoms with Crippen LogP contribution >= 0.6 is 0 Å². The molecule has 1 rings (SSSR count). The summed E-state index contributed by atoms with van der Waals surface area (Å²) in [6.45, 7) is 3.35. The third kappa shape index (κ3) is 31.3. The highest BCUT2D eigenvalue weighted by molar-refractivity contribution is 5.80. The molecule has 0 saturated carbocycles. The first kappa shape index (κ1) is 60.3. The lowest BCUT2D eigenvalue weighted by Crippen LogP contribution is -2.60. The maximum atomic E-state index is 13.0. The second kappa shape index (κ2) is 42.7. The van der Waals surface area contributed by atoms with Crippen molar-refractivity contribution in [3.8, 4) is 0 Å². The van der Waals surface area contributed by atoms with Crippen LogP contribution in [0.2, 0.25) is 0 Å². The predicted molar refractivity (Wildman–Crippen MR) is 261 cm³/mol. The number of allylic oxidation sites excluding steroid dienone is 6. The summed E-state index contributed by atoms with van der Waals surface area (Å²) in [5.41, 5.74) is 0. The standard InChI is InChI=1S/C53H99NO10/c1-3-5-7-9-11-13-14-15-16-17-18-19-20-21-22-23-24-25-26-27-28-29-30-31-32-33-35-36-38-40-45(56)48(58)44(43-63-53-51(61)50(60)49(59)47(42-55)64-53)54-52(62)46(57)41-39-37-34-12-10-8-6-4-2/h29-30,33-35,37,44-51,53,55-61H,3-28,31-32,36,38-43H2,1-2H3,(H,54,62)/b30-29+,35-33+,37-34-. The van der Waals surface area contributed by atoms with Crippen LogP contribution in [-0.2, 0) is 14.3 Å². The van der Waals surface area contributed by atoms with E-state index in [1.807, 2.05) is 12.2 Å². The summed E-state index contributed by atoms with van der Waals surface area (Å²) in [5, 5.41) is 75.4. The number of amides is 1. The average Bonchev–Trinajstić information content (AvgIpc) is 3.29. The van der Waals surface area contributed by atoms with Crippen molar-refractivity contribution in [1.29, 1.82) is 0 Å². The minimum Gasteiger partial charge on any atom is -0.394 e. The highest BCUT2D eigenvalue weighted by Crippen LogP contribution is 2.23. The third-order valence-corrected chi connectivity index (χ3v) is 12.7. The molecular weight excluding hydrogens is 811 g/mol. The van der Waals surface area contributed by atoms with Gasteiger partial charge in [0.1, 0.15) is 36.6 Å². The Morgan fingerprint density at radius 3 is 1.41 bits per heavy atom. The first-order valence-corrected chi connectivity index (χ1v) is 26.4. The topological polar surface area (TPSA) is 189 Å². The molecule has 1 heterocycles. The van der Waals surface area contributed by atoms with Crippen LogP contribution < -0.4 is 5.32 Å². The summed E-state index contributed by atoms with van der Waals surface area (Å²) in [5.74, 6) is -0.747. The van der Waals surface area contributed by atoms with Gasteiger partial charge in [-0.05, 0) is 70.6 Å². The normalized spacial score (nSPS) is 21.3. The number of rotatable bonds is 44. The van der Waals surface area contributed by atoms with Crippen LogP contribution in [0, 0.1) is 0 Å². The molecule has 1 aliphatic rings. The van der Waals surface area contributed by atoms with E-state index in [1.54, 1.807) is 0 Å². The molecule has 0 aromatic heterocycles. The van der Waals surface area contributed by atoms with Crippen molar-refractivity contribution in [2.24, 2.45) is 0 Å².